The molecule has 190 valence electrons. The number of halogens is 1. The Balaban J connectivity index is 1.64. The second-order valence-electron chi connectivity index (χ2n) is 9.20. The van der Waals surface area contributed by atoms with Crippen molar-refractivity contribution in [3.8, 4) is 11.5 Å². The van der Waals surface area contributed by atoms with Crippen molar-refractivity contribution in [2.75, 3.05) is 19.0 Å². The van der Waals surface area contributed by atoms with E-state index < -0.39 is 6.04 Å². The summed E-state index contributed by atoms with van der Waals surface area (Å²) in [6.07, 6.45) is 11.1. The van der Waals surface area contributed by atoms with Crippen LogP contribution in [0.15, 0.2) is 34.2 Å². The number of benzene rings is 1. The molecule has 0 spiro atoms. The highest BCUT2D eigenvalue weighted by atomic mass is 79.9. The summed E-state index contributed by atoms with van der Waals surface area (Å²) >= 11 is 3.67. The Labute approximate surface area is 215 Å². The highest BCUT2D eigenvalue weighted by Crippen LogP contribution is 2.43. The number of fused-ring (bicyclic) bond motifs is 1. The maximum atomic E-state index is 13.5. The second-order valence-corrected chi connectivity index (χ2v) is 10.1. The molecule has 2 aliphatic rings. The van der Waals surface area contributed by atoms with Gasteiger partial charge in [0.2, 0.25) is 5.95 Å². The molecule has 1 atom stereocenters. The Morgan fingerprint density at radius 2 is 2.00 bits per heavy atom. The number of unbranched alkanes of at least 4 members (excludes halogenated alkanes) is 3. The third-order valence-corrected chi connectivity index (χ3v) is 7.24. The van der Waals surface area contributed by atoms with Gasteiger partial charge in [-0.05, 0) is 72.7 Å². The predicted octanol–water partition coefficient (Wildman–Crippen LogP) is 6.17. The topological polar surface area (TPSA) is 87.5 Å². The number of carbonyl (C=O) groups excluding carboxylic acids is 1. The molecule has 1 unspecified atom stereocenters. The van der Waals surface area contributed by atoms with Gasteiger partial charge in [0.05, 0.1) is 23.8 Å². The molecule has 2 heterocycles. The molecule has 1 fully saturated rings. The second kappa shape index (κ2) is 11.9. The summed E-state index contributed by atoms with van der Waals surface area (Å²) in [6.45, 7) is 4.69. The van der Waals surface area contributed by atoms with Gasteiger partial charge in [-0.1, -0.05) is 32.6 Å². The number of anilines is 1. The first-order chi connectivity index (χ1) is 17.0. The summed E-state index contributed by atoms with van der Waals surface area (Å²) in [6, 6.07) is 3.37. The maximum absolute atomic E-state index is 13.5. The predicted molar refractivity (Wildman–Crippen MR) is 138 cm³/mol. The first-order valence-electron chi connectivity index (χ1n) is 12.6. The molecule has 0 radical (unpaired) electrons. The molecule has 0 saturated heterocycles. The van der Waals surface area contributed by atoms with Crippen LogP contribution in [0.5, 0.6) is 11.5 Å². The minimum Gasteiger partial charge on any atom is -0.493 e. The Kier molecular flexibility index (Phi) is 8.70. The summed E-state index contributed by atoms with van der Waals surface area (Å²) in [5, 5.41) is 7.64. The number of rotatable bonds is 10. The van der Waals surface area contributed by atoms with Crippen LogP contribution >= 0.6 is 15.9 Å². The third-order valence-electron chi connectivity index (χ3n) is 6.65. The van der Waals surface area contributed by atoms with Crippen molar-refractivity contribution in [3.63, 3.8) is 0 Å². The fraction of sp³-hybridized carbons (Fsp3) is 0.577. The molecule has 1 aliphatic carbocycles. The van der Waals surface area contributed by atoms with Crippen molar-refractivity contribution in [1.29, 1.82) is 0 Å². The van der Waals surface area contributed by atoms with Crippen LogP contribution in [0.3, 0.4) is 0 Å². The average molecular weight is 547 g/mol. The highest BCUT2D eigenvalue weighted by molar-refractivity contribution is 9.10. The van der Waals surface area contributed by atoms with Gasteiger partial charge in [0.1, 0.15) is 18.5 Å². The van der Waals surface area contributed by atoms with Gasteiger partial charge >= 0.3 is 5.97 Å². The number of allylic oxidation sites excluding steroid dienone is 1. The van der Waals surface area contributed by atoms with Gasteiger partial charge in [-0.2, -0.15) is 10.1 Å². The van der Waals surface area contributed by atoms with E-state index in [4.69, 9.17) is 14.2 Å². The lowest BCUT2D eigenvalue weighted by Gasteiger charge is -2.30. The number of hydrogen-bond acceptors (Lipinski definition) is 7. The van der Waals surface area contributed by atoms with E-state index >= 15 is 0 Å². The SMILES string of the molecule is CCCCCCOc1c(Br)cc(C2C(C(=O)OC3CCCCC3)=C(C)Nc3ncnn32)cc1OC. The summed E-state index contributed by atoms with van der Waals surface area (Å²) in [5.74, 6) is 1.52. The lowest BCUT2D eigenvalue weighted by Crippen LogP contribution is -2.32. The van der Waals surface area contributed by atoms with Gasteiger partial charge in [0.15, 0.2) is 11.5 Å². The number of nitrogens with zero attached hydrogens (tertiary/aromatic N) is 3. The van der Waals surface area contributed by atoms with Crippen molar-refractivity contribution in [2.24, 2.45) is 0 Å². The normalized spacial score (nSPS) is 18.1. The molecule has 9 heteroatoms. The first-order valence-corrected chi connectivity index (χ1v) is 13.4. The Morgan fingerprint density at radius 3 is 2.74 bits per heavy atom. The summed E-state index contributed by atoms with van der Waals surface area (Å²) in [5.41, 5.74) is 2.06. The van der Waals surface area contributed by atoms with E-state index in [1.165, 1.54) is 25.6 Å². The Bertz CT molecular complexity index is 1060. The van der Waals surface area contributed by atoms with Gasteiger partial charge in [-0.25, -0.2) is 9.48 Å². The lowest BCUT2D eigenvalue weighted by molar-refractivity contribution is -0.146. The molecule has 4 rings (SSSR count). The van der Waals surface area contributed by atoms with Crippen molar-refractivity contribution in [1.82, 2.24) is 14.8 Å². The van der Waals surface area contributed by atoms with Crippen LogP contribution in [0, 0.1) is 0 Å². The van der Waals surface area contributed by atoms with Crippen molar-refractivity contribution in [2.45, 2.75) is 83.8 Å². The van der Waals surface area contributed by atoms with Crippen molar-refractivity contribution in [3.05, 3.63) is 39.8 Å². The monoisotopic (exact) mass is 546 g/mol. The van der Waals surface area contributed by atoms with Crippen LogP contribution in [0.4, 0.5) is 5.95 Å². The fourth-order valence-corrected chi connectivity index (χ4v) is 5.38. The molecule has 8 nitrogen and oxygen atoms in total. The summed E-state index contributed by atoms with van der Waals surface area (Å²) in [7, 11) is 1.62. The van der Waals surface area contributed by atoms with Gasteiger partial charge < -0.3 is 19.5 Å². The van der Waals surface area contributed by atoms with Crippen LogP contribution < -0.4 is 14.8 Å². The average Bonchev–Trinajstić information content (AvgIpc) is 3.32. The number of methoxy groups -OCH3 is 1. The summed E-state index contributed by atoms with van der Waals surface area (Å²) < 4.78 is 20.2. The minimum atomic E-state index is -0.506. The van der Waals surface area contributed by atoms with E-state index in [1.807, 2.05) is 19.1 Å². The van der Waals surface area contributed by atoms with Gasteiger partial charge in [0.25, 0.3) is 0 Å². The zero-order chi connectivity index (χ0) is 24.8. The Hall–Kier alpha value is -2.55. The molecule has 1 aromatic carbocycles. The van der Waals surface area contributed by atoms with Gasteiger partial charge in [0, 0.05) is 5.70 Å². The zero-order valence-electron chi connectivity index (χ0n) is 20.8. The molecule has 0 bridgehead atoms. The van der Waals surface area contributed by atoms with E-state index in [9.17, 15) is 4.79 Å². The molecular formula is C26H35BrN4O4. The van der Waals surface area contributed by atoms with E-state index in [-0.39, 0.29) is 12.1 Å². The van der Waals surface area contributed by atoms with Crippen LogP contribution in [0.25, 0.3) is 0 Å². The molecule has 2 aromatic rings. The number of ether oxygens (including phenoxy) is 3. The first kappa shape index (κ1) is 25.5. The highest BCUT2D eigenvalue weighted by Gasteiger charge is 2.36. The molecule has 0 amide bonds. The molecule has 1 aliphatic heterocycles. The molecule has 1 N–H and O–H groups in total. The van der Waals surface area contributed by atoms with Crippen molar-refractivity contribution < 1.29 is 19.0 Å². The maximum Gasteiger partial charge on any atom is 0.338 e. The van der Waals surface area contributed by atoms with Gasteiger partial charge in [-0.15, -0.1) is 0 Å². The van der Waals surface area contributed by atoms with E-state index in [0.29, 0.717) is 35.3 Å². The van der Waals surface area contributed by atoms with Crippen LogP contribution in [-0.2, 0) is 9.53 Å². The number of esters is 1. The van der Waals surface area contributed by atoms with Gasteiger partial charge in [-0.3, -0.25) is 0 Å². The summed E-state index contributed by atoms with van der Waals surface area (Å²) in [4.78, 5) is 17.8. The molecular weight excluding hydrogens is 512 g/mol. The largest absolute Gasteiger partial charge is 0.493 e. The van der Waals surface area contributed by atoms with E-state index in [2.05, 4.69) is 38.3 Å². The molecule has 1 aromatic heterocycles. The van der Waals surface area contributed by atoms with Crippen LogP contribution in [-0.4, -0.2) is 40.6 Å². The number of hydrogen-bond donors (Lipinski definition) is 1. The lowest BCUT2D eigenvalue weighted by atomic mass is 9.94. The molecule has 1 saturated carbocycles. The number of nitrogens with one attached hydrogen (secondary N) is 1. The molecule has 35 heavy (non-hydrogen) atoms. The van der Waals surface area contributed by atoms with Crippen LogP contribution in [0.1, 0.15) is 83.2 Å². The van der Waals surface area contributed by atoms with E-state index in [1.54, 1.807) is 11.8 Å². The third kappa shape index (κ3) is 5.82. The number of aromatic nitrogens is 3. The smallest absolute Gasteiger partial charge is 0.338 e. The zero-order valence-corrected chi connectivity index (χ0v) is 22.4. The number of carbonyl (C=O) groups is 1. The fourth-order valence-electron chi connectivity index (χ4n) is 4.80. The standard InChI is InChI=1S/C26H35BrN4O4/c1-4-5-6-10-13-34-24-20(27)14-18(15-21(24)33-3)23-22(17(2)30-26-28-16-29-31(23)26)25(32)35-19-11-8-7-9-12-19/h14-16,19,23H,4-13H2,1-3H3,(H,28,29,30). The quantitative estimate of drug-likeness (QED) is 0.281. The van der Waals surface area contributed by atoms with E-state index in [0.717, 1.165) is 48.6 Å². The minimum absolute atomic E-state index is 0.0425. The Morgan fingerprint density at radius 1 is 1.20 bits per heavy atom. The van der Waals surface area contributed by atoms with Crippen LogP contribution in [0.2, 0.25) is 0 Å². The van der Waals surface area contributed by atoms with Crippen molar-refractivity contribution >= 4 is 27.8 Å².